The van der Waals surface area contributed by atoms with Gasteiger partial charge in [0.25, 0.3) is 0 Å². The summed E-state index contributed by atoms with van der Waals surface area (Å²) in [5, 5.41) is 10.2. The molecule has 0 amide bonds. The van der Waals surface area contributed by atoms with Gasteiger partial charge in [0.2, 0.25) is 9.84 Å². The second-order valence-electron chi connectivity index (χ2n) is 9.49. The van der Waals surface area contributed by atoms with Gasteiger partial charge in [0, 0.05) is 12.4 Å². The second-order valence-corrected chi connectivity index (χ2v) is 11.3. The molecule has 5 nitrogen and oxygen atoms in total. The minimum atomic E-state index is -3.74. The lowest BCUT2D eigenvalue weighted by Crippen LogP contribution is -2.27. The van der Waals surface area contributed by atoms with Crippen molar-refractivity contribution in [2.24, 2.45) is 0 Å². The van der Waals surface area contributed by atoms with Crippen LogP contribution >= 0.6 is 0 Å². The first kappa shape index (κ1) is 27.3. The van der Waals surface area contributed by atoms with Gasteiger partial charge < -0.3 is 14.4 Å². The first-order valence-corrected chi connectivity index (χ1v) is 14.8. The molecule has 0 aliphatic rings. The van der Waals surface area contributed by atoms with Gasteiger partial charge in [-0.15, -0.1) is 0 Å². The van der Waals surface area contributed by atoms with E-state index in [0.717, 1.165) is 31.6 Å². The van der Waals surface area contributed by atoms with Crippen LogP contribution in [-0.2, 0) is 22.7 Å². The number of aryl methyl sites for hydroxylation is 2. The van der Waals surface area contributed by atoms with E-state index in [4.69, 9.17) is 0 Å². The molecule has 0 saturated carbocycles. The van der Waals surface area contributed by atoms with Crippen LogP contribution in [-0.4, -0.2) is 42.5 Å². The van der Waals surface area contributed by atoms with Crippen molar-refractivity contribution in [3.05, 3.63) is 59.9 Å². The smallest absolute Gasteiger partial charge is 0.209 e. The fourth-order valence-electron chi connectivity index (χ4n) is 4.85. The van der Waals surface area contributed by atoms with Crippen molar-refractivity contribution < 1.29 is 13.5 Å². The molecule has 1 N–H and O–H groups in total. The zero-order chi connectivity index (χ0) is 25.3. The Morgan fingerprint density at radius 1 is 0.857 bits per heavy atom. The third kappa shape index (κ3) is 6.89. The van der Waals surface area contributed by atoms with Crippen molar-refractivity contribution >= 4 is 15.4 Å². The fourth-order valence-corrected chi connectivity index (χ4v) is 6.81. The molecule has 0 spiro atoms. The average Bonchev–Trinajstić information content (AvgIpc) is 3.23. The summed E-state index contributed by atoms with van der Waals surface area (Å²) < 4.78 is 29.8. The number of phenolic OH excluding ortho intramolecular Hbond substituents is 1. The lowest BCUT2D eigenvalue weighted by molar-refractivity contribution is 0.259. The summed E-state index contributed by atoms with van der Waals surface area (Å²) in [4.78, 5) is 3.22. The minimum absolute atomic E-state index is 0.110. The van der Waals surface area contributed by atoms with E-state index in [1.807, 2.05) is 41.9 Å². The topological polar surface area (TPSA) is 62.0 Å². The van der Waals surface area contributed by atoms with E-state index >= 15 is 0 Å². The predicted octanol–water partition coefficient (Wildman–Crippen LogP) is 6.66. The Hall–Kier alpha value is -2.31. The number of hydrogen-bond acceptors (Lipinski definition) is 4. The molecule has 0 aliphatic carbocycles. The lowest BCUT2D eigenvalue weighted by atomic mass is 10.1. The minimum Gasteiger partial charge on any atom is -0.508 e. The highest BCUT2D eigenvalue weighted by molar-refractivity contribution is 7.91. The van der Waals surface area contributed by atoms with E-state index < -0.39 is 9.84 Å². The Bertz CT molecular complexity index is 1170. The number of rotatable bonds is 15. The van der Waals surface area contributed by atoms with E-state index in [2.05, 4.69) is 18.7 Å². The molecule has 192 valence electrons. The van der Waals surface area contributed by atoms with Crippen LogP contribution in [0.3, 0.4) is 0 Å². The quantitative estimate of drug-likeness (QED) is 0.238. The molecule has 0 unspecified atom stereocenters. The van der Waals surface area contributed by atoms with Crippen LogP contribution in [0.1, 0.15) is 76.8 Å². The Labute approximate surface area is 211 Å². The standard InChI is InChI=1S/C29H42N2O3S/c1-4-7-10-18-30(19-11-8-5-2)20-13-14-25-22-26(32)16-17-28(25)35(33,34)29-24(6-3)23-31-21-12-9-15-27(29)31/h9,12,15-17,21-23,32H,4-8,10-11,13-14,18-20H2,1-3H3. The largest absolute Gasteiger partial charge is 0.508 e. The van der Waals surface area contributed by atoms with E-state index in [1.165, 1.54) is 44.6 Å². The summed E-state index contributed by atoms with van der Waals surface area (Å²) in [6, 6.07) is 10.3. The molecular formula is C29H42N2O3S. The Morgan fingerprint density at radius 2 is 1.54 bits per heavy atom. The van der Waals surface area contributed by atoms with Crippen molar-refractivity contribution in [2.75, 3.05) is 19.6 Å². The Kier molecular flexibility index (Phi) is 10.2. The first-order valence-electron chi connectivity index (χ1n) is 13.3. The molecule has 2 heterocycles. The summed E-state index contributed by atoms with van der Waals surface area (Å²) in [5.41, 5.74) is 2.21. The van der Waals surface area contributed by atoms with Gasteiger partial charge in [0.05, 0.1) is 10.4 Å². The number of aromatic hydroxyl groups is 1. The van der Waals surface area contributed by atoms with Gasteiger partial charge in [-0.25, -0.2) is 8.42 Å². The van der Waals surface area contributed by atoms with Gasteiger partial charge in [-0.2, -0.15) is 0 Å². The predicted molar refractivity (Wildman–Crippen MR) is 144 cm³/mol. The van der Waals surface area contributed by atoms with Crippen LogP contribution in [0, 0.1) is 0 Å². The summed E-state index contributed by atoms with van der Waals surface area (Å²) in [6.45, 7) is 9.57. The van der Waals surface area contributed by atoms with Crippen LogP contribution in [0.25, 0.3) is 5.52 Å². The molecule has 0 bridgehead atoms. The highest BCUT2D eigenvalue weighted by Gasteiger charge is 2.27. The molecule has 35 heavy (non-hydrogen) atoms. The van der Waals surface area contributed by atoms with Crippen molar-refractivity contribution in [1.82, 2.24) is 9.30 Å². The number of aromatic nitrogens is 1. The normalized spacial score (nSPS) is 12.1. The summed E-state index contributed by atoms with van der Waals surface area (Å²) in [6.07, 6.45) is 13.2. The fraction of sp³-hybridized carbons (Fsp3) is 0.517. The highest BCUT2D eigenvalue weighted by atomic mass is 32.2. The molecule has 0 atom stereocenters. The number of phenols is 1. The number of pyridine rings is 1. The molecular weight excluding hydrogens is 456 g/mol. The number of unbranched alkanes of at least 4 members (excludes halogenated alkanes) is 4. The Morgan fingerprint density at radius 3 is 2.20 bits per heavy atom. The van der Waals surface area contributed by atoms with Crippen molar-refractivity contribution in [2.45, 2.75) is 88.3 Å². The number of nitrogens with zero attached hydrogens (tertiary/aromatic N) is 2. The summed E-state index contributed by atoms with van der Waals surface area (Å²) >= 11 is 0. The van der Waals surface area contributed by atoms with Crippen LogP contribution in [0.15, 0.2) is 58.6 Å². The summed E-state index contributed by atoms with van der Waals surface area (Å²) in [5.74, 6) is 0.110. The maximum atomic E-state index is 14.0. The SMILES string of the molecule is CCCCCN(CCCCC)CCCc1cc(O)ccc1S(=O)(=O)c1c(CC)cn2ccccc12. The molecule has 1 aromatic carbocycles. The second kappa shape index (κ2) is 13.1. The number of benzene rings is 1. The maximum absolute atomic E-state index is 14.0. The van der Waals surface area contributed by atoms with Gasteiger partial charge >= 0.3 is 0 Å². The van der Waals surface area contributed by atoms with Crippen LogP contribution < -0.4 is 0 Å². The van der Waals surface area contributed by atoms with Crippen LogP contribution in [0.2, 0.25) is 0 Å². The molecule has 0 aliphatic heterocycles. The summed E-state index contributed by atoms with van der Waals surface area (Å²) in [7, 11) is -3.74. The number of fused-ring (bicyclic) bond motifs is 1. The zero-order valence-electron chi connectivity index (χ0n) is 21.7. The van der Waals surface area contributed by atoms with Gasteiger partial charge in [-0.1, -0.05) is 52.5 Å². The molecule has 0 fully saturated rings. The van der Waals surface area contributed by atoms with E-state index in [9.17, 15) is 13.5 Å². The van der Waals surface area contributed by atoms with Gasteiger partial charge in [0.15, 0.2) is 0 Å². The van der Waals surface area contributed by atoms with E-state index in [0.29, 0.717) is 33.7 Å². The zero-order valence-corrected chi connectivity index (χ0v) is 22.5. The van der Waals surface area contributed by atoms with Gasteiger partial charge in [0.1, 0.15) is 10.6 Å². The van der Waals surface area contributed by atoms with Gasteiger partial charge in [-0.3, -0.25) is 0 Å². The molecule has 3 rings (SSSR count). The third-order valence-corrected chi connectivity index (χ3v) is 8.75. The van der Waals surface area contributed by atoms with Gasteiger partial charge in [-0.05, 0) is 93.2 Å². The molecule has 6 heteroatoms. The molecule has 0 radical (unpaired) electrons. The molecule has 0 saturated heterocycles. The lowest BCUT2D eigenvalue weighted by Gasteiger charge is -2.22. The first-order chi connectivity index (χ1) is 16.9. The molecule has 3 aromatic rings. The van der Waals surface area contributed by atoms with E-state index in [-0.39, 0.29) is 5.75 Å². The monoisotopic (exact) mass is 498 g/mol. The highest BCUT2D eigenvalue weighted by Crippen LogP contribution is 2.33. The number of hydrogen-bond donors (Lipinski definition) is 1. The third-order valence-electron chi connectivity index (χ3n) is 6.77. The maximum Gasteiger partial charge on any atom is 0.209 e. The Balaban J connectivity index is 1.84. The van der Waals surface area contributed by atoms with Crippen molar-refractivity contribution in [3.8, 4) is 5.75 Å². The van der Waals surface area contributed by atoms with Crippen molar-refractivity contribution in [3.63, 3.8) is 0 Å². The number of sulfone groups is 1. The molecule has 2 aromatic heterocycles. The van der Waals surface area contributed by atoms with Crippen molar-refractivity contribution in [1.29, 1.82) is 0 Å². The average molecular weight is 499 g/mol. The van der Waals surface area contributed by atoms with Crippen LogP contribution in [0.5, 0.6) is 5.75 Å². The van der Waals surface area contributed by atoms with Crippen LogP contribution in [0.4, 0.5) is 0 Å². The van der Waals surface area contributed by atoms with E-state index in [1.54, 1.807) is 12.1 Å².